The molecule has 0 bridgehead atoms. The van der Waals surface area contributed by atoms with Gasteiger partial charge in [0.05, 0.1) is 17.6 Å². The van der Waals surface area contributed by atoms with Crippen molar-refractivity contribution in [2.45, 2.75) is 46.7 Å². The van der Waals surface area contributed by atoms with Crippen LogP contribution in [-0.2, 0) is 13.1 Å². The van der Waals surface area contributed by atoms with Crippen LogP contribution in [0.25, 0.3) is 16.6 Å². The van der Waals surface area contributed by atoms with Crippen molar-refractivity contribution in [3.8, 4) is 0 Å². The van der Waals surface area contributed by atoms with Crippen LogP contribution in [0.2, 0.25) is 0 Å². The van der Waals surface area contributed by atoms with Crippen molar-refractivity contribution in [3.63, 3.8) is 0 Å². The molecule has 36 heavy (non-hydrogen) atoms. The predicted octanol–water partition coefficient (Wildman–Crippen LogP) is 5.00. The second-order valence-electron chi connectivity index (χ2n) is 9.20. The molecule has 1 aliphatic rings. The van der Waals surface area contributed by atoms with Crippen LogP contribution >= 0.6 is 0 Å². The SMILES string of the molecule is CCn1cc(CNC(=O)c2cc3cc(Nc4nccc(C5=CCC(C)CC=N5)n4)cc(C)c3[nH]2)cn1. The van der Waals surface area contributed by atoms with E-state index in [0.29, 0.717) is 24.1 Å². The first-order chi connectivity index (χ1) is 17.5. The number of fused-ring (bicyclic) bond motifs is 1. The van der Waals surface area contributed by atoms with E-state index in [4.69, 9.17) is 0 Å². The summed E-state index contributed by atoms with van der Waals surface area (Å²) >= 11 is 0. The van der Waals surface area contributed by atoms with Gasteiger partial charge in [0.2, 0.25) is 5.95 Å². The second-order valence-corrected chi connectivity index (χ2v) is 9.20. The summed E-state index contributed by atoms with van der Waals surface area (Å²) < 4.78 is 1.84. The zero-order valence-electron chi connectivity index (χ0n) is 20.7. The third-order valence-corrected chi connectivity index (χ3v) is 6.26. The molecule has 3 N–H and O–H groups in total. The Balaban J connectivity index is 1.32. The molecule has 9 heteroatoms. The molecule has 184 valence electrons. The third-order valence-electron chi connectivity index (χ3n) is 6.26. The zero-order chi connectivity index (χ0) is 25.1. The van der Waals surface area contributed by atoms with Gasteiger partial charge in [-0.15, -0.1) is 0 Å². The highest BCUT2D eigenvalue weighted by molar-refractivity contribution is 5.99. The van der Waals surface area contributed by atoms with Crippen molar-refractivity contribution in [1.82, 2.24) is 30.0 Å². The van der Waals surface area contributed by atoms with Crippen LogP contribution in [0.15, 0.2) is 53.9 Å². The van der Waals surface area contributed by atoms with Crippen LogP contribution in [0, 0.1) is 12.8 Å². The van der Waals surface area contributed by atoms with Gasteiger partial charge in [0, 0.05) is 53.9 Å². The molecule has 1 aromatic carbocycles. The maximum atomic E-state index is 12.8. The Morgan fingerprint density at radius 3 is 2.97 bits per heavy atom. The molecular formula is C27H30N8O. The number of anilines is 2. The maximum absolute atomic E-state index is 12.8. The Morgan fingerprint density at radius 1 is 1.25 bits per heavy atom. The van der Waals surface area contributed by atoms with E-state index in [0.717, 1.165) is 58.5 Å². The number of nitrogens with zero attached hydrogens (tertiary/aromatic N) is 5. The molecular weight excluding hydrogens is 452 g/mol. The summed E-state index contributed by atoms with van der Waals surface area (Å²) in [4.78, 5) is 29.7. The van der Waals surface area contributed by atoms with Gasteiger partial charge >= 0.3 is 0 Å². The molecule has 0 saturated heterocycles. The van der Waals surface area contributed by atoms with Gasteiger partial charge in [-0.25, -0.2) is 9.97 Å². The minimum atomic E-state index is -0.160. The molecule has 3 aromatic heterocycles. The fraction of sp³-hybridized carbons (Fsp3) is 0.296. The van der Waals surface area contributed by atoms with E-state index in [1.165, 1.54) is 0 Å². The number of rotatable bonds is 7. The summed E-state index contributed by atoms with van der Waals surface area (Å²) in [5, 5.41) is 11.4. The molecule has 1 unspecified atom stereocenters. The molecule has 0 radical (unpaired) electrons. The molecule has 1 aliphatic heterocycles. The van der Waals surface area contributed by atoms with Crippen LogP contribution in [0.3, 0.4) is 0 Å². The standard InChI is InChI=1S/C27H30N8O/c1-4-35-16-19(15-31-35)14-30-26(36)24-13-20-12-21(11-18(3)25(20)33-24)32-27-29-10-8-23(34-27)22-6-5-17(2)7-9-28-22/h6,8-13,15-17,33H,4-5,7,14H2,1-3H3,(H,30,36)(H,29,32,34). The topological polar surface area (TPSA) is 113 Å². The summed E-state index contributed by atoms with van der Waals surface area (Å²) in [6.45, 7) is 7.47. The number of benzene rings is 1. The molecule has 4 heterocycles. The quantitative estimate of drug-likeness (QED) is 0.343. The monoisotopic (exact) mass is 482 g/mol. The van der Waals surface area contributed by atoms with Crippen molar-refractivity contribution in [2.24, 2.45) is 10.9 Å². The predicted molar refractivity (Wildman–Crippen MR) is 142 cm³/mol. The number of aryl methyl sites for hydroxylation is 2. The number of aliphatic imine (C=N–C) groups is 1. The van der Waals surface area contributed by atoms with Crippen LogP contribution in [0.5, 0.6) is 0 Å². The van der Waals surface area contributed by atoms with Crippen LogP contribution in [0.4, 0.5) is 11.6 Å². The summed E-state index contributed by atoms with van der Waals surface area (Å²) in [6.07, 6.45) is 11.5. The van der Waals surface area contributed by atoms with Crippen LogP contribution in [0.1, 0.15) is 54.0 Å². The normalized spacial score (nSPS) is 15.5. The third kappa shape index (κ3) is 5.19. The van der Waals surface area contributed by atoms with Crippen LogP contribution in [-0.4, -0.2) is 36.9 Å². The first-order valence-electron chi connectivity index (χ1n) is 12.2. The summed E-state index contributed by atoms with van der Waals surface area (Å²) in [6, 6.07) is 7.74. The first-order valence-corrected chi connectivity index (χ1v) is 12.2. The number of aromatic amines is 1. The van der Waals surface area contributed by atoms with Gasteiger partial charge in [-0.05, 0) is 62.4 Å². The lowest BCUT2D eigenvalue weighted by Crippen LogP contribution is -2.22. The average molecular weight is 483 g/mol. The van der Waals surface area contributed by atoms with E-state index in [1.54, 1.807) is 12.4 Å². The van der Waals surface area contributed by atoms with Gasteiger partial charge in [0.1, 0.15) is 5.69 Å². The van der Waals surface area contributed by atoms with E-state index < -0.39 is 0 Å². The summed E-state index contributed by atoms with van der Waals surface area (Å²) in [5.74, 6) is 0.918. The van der Waals surface area contributed by atoms with Crippen molar-refractivity contribution in [1.29, 1.82) is 0 Å². The fourth-order valence-electron chi connectivity index (χ4n) is 4.22. The number of carbonyl (C=O) groups is 1. The van der Waals surface area contributed by atoms with Gasteiger partial charge in [-0.2, -0.15) is 5.10 Å². The highest BCUT2D eigenvalue weighted by Gasteiger charge is 2.13. The van der Waals surface area contributed by atoms with Crippen LogP contribution < -0.4 is 10.6 Å². The van der Waals surface area contributed by atoms with Crippen molar-refractivity contribution in [3.05, 3.63) is 71.4 Å². The fourth-order valence-corrected chi connectivity index (χ4v) is 4.22. The summed E-state index contributed by atoms with van der Waals surface area (Å²) in [7, 11) is 0. The molecule has 1 amide bonds. The van der Waals surface area contributed by atoms with Gasteiger partial charge in [0.15, 0.2) is 0 Å². The molecule has 9 nitrogen and oxygen atoms in total. The Bertz CT molecular complexity index is 1460. The van der Waals surface area contributed by atoms with Crippen molar-refractivity contribution in [2.75, 3.05) is 5.32 Å². The summed E-state index contributed by atoms with van der Waals surface area (Å²) in [5.41, 5.74) is 5.93. The number of carbonyl (C=O) groups excluding carboxylic acids is 1. The molecule has 0 fully saturated rings. The molecule has 0 spiro atoms. The lowest BCUT2D eigenvalue weighted by molar-refractivity contribution is 0.0946. The number of nitrogens with one attached hydrogen (secondary N) is 3. The molecule has 0 aliphatic carbocycles. The largest absolute Gasteiger partial charge is 0.350 e. The first kappa shape index (κ1) is 23.5. The minimum absolute atomic E-state index is 0.160. The van der Waals surface area contributed by atoms with E-state index in [2.05, 4.69) is 48.7 Å². The Morgan fingerprint density at radius 2 is 2.14 bits per heavy atom. The molecule has 1 atom stereocenters. The highest BCUT2D eigenvalue weighted by atomic mass is 16.1. The zero-order valence-corrected chi connectivity index (χ0v) is 20.7. The number of aromatic nitrogens is 5. The van der Waals surface area contributed by atoms with Crippen molar-refractivity contribution < 1.29 is 4.79 Å². The minimum Gasteiger partial charge on any atom is -0.350 e. The highest BCUT2D eigenvalue weighted by Crippen LogP contribution is 2.27. The number of H-pyrrole nitrogens is 1. The van der Waals surface area contributed by atoms with Crippen molar-refractivity contribution >= 4 is 40.4 Å². The van der Waals surface area contributed by atoms with Gasteiger partial charge in [-0.3, -0.25) is 14.5 Å². The van der Waals surface area contributed by atoms with E-state index in [9.17, 15) is 4.79 Å². The second kappa shape index (κ2) is 10.2. The van der Waals surface area contributed by atoms with Gasteiger partial charge in [0.25, 0.3) is 5.91 Å². The number of allylic oxidation sites excluding steroid dienone is 1. The van der Waals surface area contributed by atoms with Gasteiger partial charge in [-0.1, -0.05) is 13.0 Å². The van der Waals surface area contributed by atoms with E-state index in [-0.39, 0.29) is 5.91 Å². The number of hydrogen-bond acceptors (Lipinski definition) is 6. The average Bonchev–Trinajstić information content (AvgIpc) is 3.46. The molecule has 4 aromatic rings. The molecule has 0 saturated carbocycles. The maximum Gasteiger partial charge on any atom is 0.267 e. The Labute approximate surface area is 209 Å². The number of amides is 1. The smallest absolute Gasteiger partial charge is 0.267 e. The Hall–Kier alpha value is -4.27. The van der Waals surface area contributed by atoms with E-state index in [1.807, 2.05) is 55.2 Å². The lowest BCUT2D eigenvalue weighted by Gasteiger charge is -2.08. The lowest BCUT2D eigenvalue weighted by atomic mass is 10.1. The number of hydrogen-bond donors (Lipinski definition) is 3. The molecule has 5 rings (SSSR count). The van der Waals surface area contributed by atoms with E-state index >= 15 is 0 Å². The van der Waals surface area contributed by atoms with Gasteiger partial charge < -0.3 is 15.6 Å². The Kier molecular flexibility index (Phi) is 6.62.